The number of rotatable bonds is 4. The fourth-order valence-electron chi connectivity index (χ4n) is 1.19. The van der Waals surface area contributed by atoms with Crippen molar-refractivity contribution in [1.82, 2.24) is 0 Å². The number of nitro groups is 1. The van der Waals surface area contributed by atoms with Crippen LogP contribution in [0.2, 0.25) is 0 Å². The first kappa shape index (κ1) is 11.7. The highest BCUT2D eigenvalue weighted by atomic mass is 127. The highest BCUT2D eigenvalue weighted by Crippen LogP contribution is 2.22. The van der Waals surface area contributed by atoms with E-state index in [1.807, 2.05) is 6.07 Å². The Morgan fingerprint density at radius 2 is 2.21 bits per heavy atom. The molecule has 0 spiro atoms. The van der Waals surface area contributed by atoms with Crippen LogP contribution in [0.25, 0.3) is 0 Å². The van der Waals surface area contributed by atoms with Crippen LogP contribution in [-0.4, -0.2) is 10.8 Å². The highest BCUT2D eigenvalue weighted by Gasteiger charge is 2.12. The van der Waals surface area contributed by atoms with Crippen molar-refractivity contribution in [1.29, 1.82) is 0 Å². The van der Waals surface area contributed by atoms with Crippen LogP contribution in [0.5, 0.6) is 0 Å². The topological polar surface area (TPSA) is 43.1 Å². The molecule has 0 N–H and O–H groups in total. The Kier molecular flexibility index (Phi) is 4.60. The molecule has 76 valence electrons. The van der Waals surface area contributed by atoms with Gasteiger partial charge < -0.3 is 0 Å². The molecule has 1 aromatic rings. The second-order valence-electron chi connectivity index (χ2n) is 2.82. The Labute approximate surface area is 101 Å². The molecule has 0 bridgehead atoms. The minimum Gasteiger partial charge on any atom is -0.258 e. The molecule has 3 nitrogen and oxygen atoms in total. The minimum absolute atomic E-state index is 0.190. The van der Waals surface area contributed by atoms with E-state index in [9.17, 15) is 10.1 Å². The third-order valence-electron chi connectivity index (χ3n) is 1.82. The molecule has 5 heteroatoms. The van der Waals surface area contributed by atoms with Gasteiger partial charge in [0.15, 0.2) is 0 Å². The lowest BCUT2D eigenvalue weighted by Crippen LogP contribution is -1.96. The second kappa shape index (κ2) is 5.50. The summed E-state index contributed by atoms with van der Waals surface area (Å²) >= 11 is 7.69. The number of halogens is 2. The van der Waals surface area contributed by atoms with Crippen LogP contribution in [0, 0.1) is 13.7 Å². The van der Waals surface area contributed by atoms with Gasteiger partial charge in [-0.25, -0.2) is 0 Å². The van der Waals surface area contributed by atoms with Gasteiger partial charge in [0.1, 0.15) is 0 Å². The van der Waals surface area contributed by atoms with E-state index >= 15 is 0 Å². The molecule has 0 radical (unpaired) electrons. The SMILES string of the molecule is O=[N+]([O-])c1ccc(I)cc1CCCCl. The summed E-state index contributed by atoms with van der Waals surface area (Å²) in [4.78, 5) is 10.3. The Hall–Kier alpha value is -0.360. The Morgan fingerprint density at radius 1 is 1.50 bits per heavy atom. The molecular weight excluding hydrogens is 316 g/mol. The average molecular weight is 326 g/mol. The molecule has 0 fully saturated rings. The molecule has 1 aromatic carbocycles. The lowest BCUT2D eigenvalue weighted by Gasteiger charge is -2.01. The zero-order valence-electron chi connectivity index (χ0n) is 7.37. The van der Waals surface area contributed by atoms with Crippen LogP contribution in [0.3, 0.4) is 0 Å². The summed E-state index contributed by atoms with van der Waals surface area (Å²) in [6.45, 7) is 0. The summed E-state index contributed by atoms with van der Waals surface area (Å²) < 4.78 is 1.01. The van der Waals surface area contributed by atoms with Crippen molar-refractivity contribution in [3.63, 3.8) is 0 Å². The van der Waals surface area contributed by atoms with Gasteiger partial charge in [-0.1, -0.05) is 0 Å². The second-order valence-corrected chi connectivity index (χ2v) is 4.45. The molecule has 0 heterocycles. The van der Waals surface area contributed by atoms with Gasteiger partial charge in [0, 0.05) is 21.1 Å². The fourth-order valence-corrected chi connectivity index (χ4v) is 1.88. The number of alkyl halides is 1. The summed E-state index contributed by atoms with van der Waals surface area (Å²) in [5.41, 5.74) is 0.957. The van der Waals surface area contributed by atoms with E-state index in [2.05, 4.69) is 22.6 Å². The van der Waals surface area contributed by atoms with Gasteiger partial charge in [-0.05, 0) is 47.6 Å². The van der Waals surface area contributed by atoms with Crippen LogP contribution >= 0.6 is 34.2 Å². The van der Waals surface area contributed by atoms with Crippen molar-refractivity contribution in [3.8, 4) is 0 Å². The van der Waals surface area contributed by atoms with Crippen molar-refractivity contribution in [2.24, 2.45) is 0 Å². The first-order chi connectivity index (χ1) is 6.65. The lowest BCUT2D eigenvalue weighted by molar-refractivity contribution is -0.385. The Balaban J connectivity index is 2.97. The monoisotopic (exact) mass is 325 g/mol. The van der Waals surface area contributed by atoms with Crippen molar-refractivity contribution in [2.75, 3.05) is 5.88 Å². The molecule has 0 unspecified atom stereocenters. The molecule has 0 amide bonds. The standard InChI is InChI=1S/C9H9ClINO2/c10-5-1-2-7-6-8(11)3-4-9(7)12(13)14/h3-4,6H,1-2,5H2. The van der Waals surface area contributed by atoms with Gasteiger partial charge in [0.25, 0.3) is 5.69 Å². The molecule has 14 heavy (non-hydrogen) atoms. The normalized spacial score (nSPS) is 10.1. The van der Waals surface area contributed by atoms with Crippen LogP contribution in [0.4, 0.5) is 5.69 Å². The van der Waals surface area contributed by atoms with Crippen molar-refractivity contribution < 1.29 is 4.92 Å². The van der Waals surface area contributed by atoms with Crippen molar-refractivity contribution in [2.45, 2.75) is 12.8 Å². The van der Waals surface area contributed by atoms with E-state index in [1.54, 1.807) is 12.1 Å². The molecular formula is C9H9ClINO2. The van der Waals surface area contributed by atoms with Gasteiger partial charge in [-0.3, -0.25) is 10.1 Å². The maximum Gasteiger partial charge on any atom is 0.272 e. The average Bonchev–Trinajstić information content (AvgIpc) is 2.14. The molecule has 0 aliphatic heterocycles. The number of nitro benzene ring substituents is 1. The van der Waals surface area contributed by atoms with E-state index in [0.29, 0.717) is 12.3 Å². The van der Waals surface area contributed by atoms with Gasteiger partial charge in [0.2, 0.25) is 0 Å². The smallest absolute Gasteiger partial charge is 0.258 e. The third-order valence-corrected chi connectivity index (χ3v) is 2.76. The largest absolute Gasteiger partial charge is 0.272 e. The summed E-state index contributed by atoms with van der Waals surface area (Å²) in [6.07, 6.45) is 1.43. The molecule has 0 aliphatic carbocycles. The van der Waals surface area contributed by atoms with Gasteiger partial charge in [0.05, 0.1) is 4.92 Å². The van der Waals surface area contributed by atoms with Crippen molar-refractivity contribution in [3.05, 3.63) is 37.4 Å². The molecule has 0 saturated heterocycles. The van der Waals surface area contributed by atoms with Gasteiger partial charge in [-0.2, -0.15) is 0 Å². The molecule has 0 saturated carbocycles. The van der Waals surface area contributed by atoms with E-state index in [1.165, 1.54) is 0 Å². The van der Waals surface area contributed by atoms with Crippen LogP contribution in [0.1, 0.15) is 12.0 Å². The maximum absolute atomic E-state index is 10.7. The summed E-state index contributed by atoms with van der Waals surface area (Å²) in [5, 5.41) is 10.7. The van der Waals surface area contributed by atoms with Crippen LogP contribution in [0.15, 0.2) is 18.2 Å². The van der Waals surface area contributed by atoms with Gasteiger partial charge in [-0.15, -0.1) is 11.6 Å². The third kappa shape index (κ3) is 3.09. The van der Waals surface area contributed by atoms with E-state index in [0.717, 1.165) is 15.6 Å². The van der Waals surface area contributed by atoms with E-state index < -0.39 is 0 Å². The van der Waals surface area contributed by atoms with Gasteiger partial charge >= 0.3 is 0 Å². The number of nitrogens with zero attached hydrogens (tertiary/aromatic N) is 1. The fraction of sp³-hybridized carbons (Fsp3) is 0.333. The molecule has 0 atom stereocenters. The maximum atomic E-state index is 10.7. The lowest BCUT2D eigenvalue weighted by atomic mass is 10.1. The van der Waals surface area contributed by atoms with Crippen LogP contribution < -0.4 is 0 Å². The molecule has 0 aliphatic rings. The zero-order chi connectivity index (χ0) is 10.6. The number of benzene rings is 1. The summed E-state index contributed by atoms with van der Waals surface area (Å²) in [5.74, 6) is 0.530. The first-order valence-electron chi connectivity index (χ1n) is 4.14. The van der Waals surface area contributed by atoms with E-state index in [-0.39, 0.29) is 10.6 Å². The Morgan fingerprint density at radius 3 is 2.79 bits per heavy atom. The summed E-state index contributed by atoms with van der Waals surface area (Å²) in [6, 6.07) is 5.12. The summed E-state index contributed by atoms with van der Waals surface area (Å²) in [7, 11) is 0. The first-order valence-corrected chi connectivity index (χ1v) is 5.75. The molecule has 1 rings (SSSR count). The molecule has 0 aromatic heterocycles. The van der Waals surface area contributed by atoms with Crippen molar-refractivity contribution >= 4 is 39.9 Å². The highest BCUT2D eigenvalue weighted by molar-refractivity contribution is 14.1. The Bertz CT molecular complexity index is 344. The predicted octanol–water partition coefficient (Wildman–Crippen LogP) is 3.37. The predicted molar refractivity (Wildman–Crippen MR) is 64.9 cm³/mol. The van der Waals surface area contributed by atoms with E-state index in [4.69, 9.17) is 11.6 Å². The minimum atomic E-state index is -0.348. The number of hydrogen-bond donors (Lipinski definition) is 0. The van der Waals surface area contributed by atoms with Crippen LogP contribution in [-0.2, 0) is 6.42 Å². The quantitative estimate of drug-likeness (QED) is 0.369. The number of aryl methyl sites for hydroxylation is 1. The number of hydrogen-bond acceptors (Lipinski definition) is 2. The zero-order valence-corrected chi connectivity index (χ0v) is 10.3.